The number of hydrazine groups is 1. The van der Waals surface area contributed by atoms with Gasteiger partial charge in [0.15, 0.2) is 0 Å². The summed E-state index contributed by atoms with van der Waals surface area (Å²) in [7, 11) is 0. The van der Waals surface area contributed by atoms with Crippen molar-refractivity contribution in [2.45, 2.75) is 51.1 Å². The van der Waals surface area contributed by atoms with Gasteiger partial charge >= 0.3 is 0 Å². The van der Waals surface area contributed by atoms with Gasteiger partial charge in [-0.15, -0.1) is 0 Å². The van der Waals surface area contributed by atoms with Gasteiger partial charge < -0.3 is 0 Å². The van der Waals surface area contributed by atoms with Crippen LogP contribution in [0.1, 0.15) is 39.0 Å². The van der Waals surface area contributed by atoms with Crippen LogP contribution in [0, 0.1) is 11.8 Å². The molecule has 1 aliphatic carbocycles. The Morgan fingerprint density at radius 3 is 2.58 bits per heavy atom. The summed E-state index contributed by atoms with van der Waals surface area (Å²) in [6.45, 7) is 8.57. The van der Waals surface area contributed by atoms with Crippen molar-refractivity contribution in [3.05, 3.63) is 0 Å². The number of nitrogens with two attached hydrogens (primary N) is 1. The van der Waals surface area contributed by atoms with Gasteiger partial charge in [-0.3, -0.25) is 21.1 Å². The molecule has 0 spiro atoms. The first kappa shape index (κ1) is 13.8. The minimum atomic E-state index is 0.498. The number of piperazine rings is 3. The minimum Gasteiger partial charge on any atom is -0.299 e. The molecule has 4 aliphatic rings. The zero-order chi connectivity index (χ0) is 13.2. The summed E-state index contributed by atoms with van der Waals surface area (Å²) in [4.78, 5) is 5.30. The van der Waals surface area contributed by atoms with Crippen LogP contribution in [-0.4, -0.2) is 54.6 Å². The predicted octanol–water partition coefficient (Wildman–Crippen LogP) is 1.03. The van der Waals surface area contributed by atoms with Gasteiger partial charge in [-0.05, 0) is 24.7 Å². The summed E-state index contributed by atoms with van der Waals surface area (Å²) in [5.74, 6) is 7.68. The highest BCUT2D eigenvalue weighted by Crippen LogP contribution is 2.35. The molecule has 4 fully saturated rings. The highest BCUT2D eigenvalue weighted by atomic mass is 15.4. The number of hydrogen-bond donors (Lipinski definition) is 2. The second kappa shape index (κ2) is 6.08. The van der Waals surface area contributed by atoms with Crippen LogP contribution in [-0.2, 0) is 0 Å². The second-order valence-corrected chi connectivity index (χ2v) is 6.80. The van der Waals surface area contributed by atoms with E-state index in [4.69, 9.17) is 5.84 Å². The van der Waals surface area contributed by atoms with E-state index in [1.54, 1.807) is 0 Å². The maximum absolute atomic E-state index is 5.96. The third-order valence-corrected chi connectivity index (χ3v) is 5.84. The lowest BCUT2D eigenvalue weighted by Gasteiger charge is -2.52. The summed E-state index contributed by atoms with van der Waals surface area (Å²) < 4.78 is 0. The number of fused-ring (bicyclic) bond motifs is 3. The molecule has 0 radical (unpaired) electrons. The molecule has 4 nitrogen and oxygen atoms in total. The van der Waals surface area contributed by atoms with Crippen LogP contribution in [0.4, 0.5) is 0 Å². The van der Waals surface area contributed by atoms with Crippen molar-refractivity contribution >= 4 is 0 Å². The quantitative estimate of drug-likeness (QED) is 0.589. The molecule has 0 amide bonds. The molecule has 3 N–H and O–H groups in total. The van der Waals surface area contributed by atoms with Crippen LogP contribution < -0.4 is 11.3 Å². The molecular formula is C15H30N4. The van der Waals surface area contributed by atoms with E-state index in [2.05, 4.69) is 22.1 Å². The largest absolute Gasteiger partial charge is 0.299 e. The fourth-order valence-corrected chi connectivity index (χ4v) is 4.59. The minimum absolute atomic E-state index is 0.498. The van der Waals surface area contributed by atoms with E-state index in [-0.39, 0.29) is 0 Å². The lowest BCUT2D eigenvalue weighted by molar-refractivity contribution is -0.0188. The summed E-state index contributed by atoms with van der Waals surface area (Å²) in [5, 5.41) is 0. The van der Waals surface area contributed by atoms with Crippen LogP contribution in [0.3, 0.4) is 0 Å². The average Bonchev–Trinajstić information content (AvgIpc) is 2.49. The van der Waals surface area contributed by atoms with Gasteiger partial charge in [0.25, 0.3) is 0 Å². The molecule has 110 valence electrons. The molecule has 4 atom stereocenters. The zero-order valence-electron chi connectivity index (χ0n) is 12.4. The molecule has 0 aromatic rings. The molecule has 0 aromatic carbocycles. The van der Waals surface area contributed by atoms with Gasteiger partial charge in [0, 0.05) is 44.8 Å². The van der Waals surface area contributed by atoms with Crippen molar-refractivity contribution in [1.82, 2.24) is 15.2 Å². The van der Waals surface area contributed by atoms with Crippen molar-refractivity contribution in [2.75, 3.05) is 32.7 Å². The molecule has 4 heteroatoms. The van der Waals surface area contributed by atoms with Gasteiger partial charge in [-0.25, -0.2) is 0 Å². The van der Waals surface area contributed by atoms with Gasteiger partial charge in [0.2, 0.25) is 0 Å². The van der Waals surface area contributed by atoms with Crippen LogP contribution in [0.15, 0.2) is 0 Å². The Kier molecular flexibility index (Phi) is 4.42. The van der Waals surface area contributed by atoms with Crippen LogP contribution in [0.5, 0.6) is 0 Å². The van der Waals surface area contributed by atoms with E-state index in [0.29, 0.717) is 12.1 Å². The van der Waals surface area contributed by atoms with E-state index >= 15 is 0 Å². The van der Waals surface area contributed by atoms with Gasteiger partial charge in [0.1, 0.15) is 0 Å². The SMILES string of the molecule is CCC1CCCC(C(NN)C2CN3CCN2CC3)C1. The van der Waals surface area contributed by atoms with Crippen LogP contribution in [0.25, 0.3) is 0 Å². The molecule has 3 aliphatic heterocycles. The third-order valence-electron chi connectivity index (χ3n) is 5.84. The summed E-state index contributed by atoms with van der Waals surface area (Å²) in [6.07, 6.45) is 6.93. The monoisotopic (exact) mass is 266 g/mol. The Morgan fingerprint density at radius 2 is 2.00 bits per heavy atom. The summed E-state index contributed by atoms with van der Waals surface area (Å²) >= 11 is 0. The molecule has 0 aromatic heterocycles. The summed E-state index contributed by atoms with van der Waals surface area (Å²) in [5.41, 5.74) is 3.20. The fourth-order valence-electron chi connectivity index (χ4n) is 4.59. The van der Waals surface area contributed by atoms with Crippen molar-refractivity contribution in [2.24, 2.45) is 17.7 Å². The number of hydrogen-bond acceptors (Lipinski definition) is 4. The van der Waals surface area contributed by atoms with Crippen LogP contribution in [0.2, 0.25) is 0 Å². The van der Waals surface area contributed by atoms with Crippen molar-refractivity contribution in [3.63, 3.8) is 0 Å². The second-order valence-electron chi connectivity index (χ2n) is 6.80. The maximum atomic E-state index is 5.96. The van der Waals surface area contributed by atoms with E-state index in [1.807, 2.05) is 0 Å². The molecule has 3 saturated heterocycles. The smallest absolute Gasteiger partial charge is 0.0406 e. The Morgan fingerprint density at radius 1 is 1.21 bits per heavy atom. The van der Waals surface area contributed by atoms with E-state index < -0.39 is 0 Å². The molecule has 3 heterocycles. The lowest BCUT2D eigenvalue weighted by Crippen LogP contribution is -2.68. The number of nitrogens with zero attached hydrogens (tertiary/aromatic N) is 2. The normalized spacial score (nSPS) is 44.2. The average molecular weight is 266 g/mol. The maximum Gasteiger partial charge on any atom is 0.0406 e. The first-order chi connectivity index (χ1) is 9.31. The highest BCUT2D eigenvalue weighted by Gasteiger charge is 2.40. The van der Waals surface area contributed by atoms with E-state index in [0.717, 1.165) is 11.8 Å². The Labute approximate surface area is 117 Å². The fraction of sp³-hybridized carbons (Fsp3) is 1.00. The topological polar surface area (TPSA) is 44.5 Å². The standard InChI is InChI=1S/C15H30N4/c1-2-12-4-3-5-13(10-12)15(17-16)14-11-18-6-8-19(14)9-7-18/h12-15,17H,2-11,16H2,1H3. The Bertz CT molecular complexity index is 288. The van der Waals surface area contributed by atoms with Gasteiger partial charge in [-0.1, -0.05) is 26.2 Å². The van der Waals surface area contributed by atoms with Gasteiger partial charge in [0.05, 0.1) is 0 Å². The Hall–Kier alpha value is -0.160. The molecule has 19 heavy (non-hydrogen) atoms. The number of nitrogens with one attached hydrogen (secondary N) is 1. The van der Waals surface area contributed by atoms with Crippen molar-refractivity contribution < 1.29 is 0 Å². The van der Waals surface area contributed by atoms with Crippen molar-refractivity contribution in [3.8, 4) is 0 Å². The van der Waals surface area contributed by atoms with Crippen LogP contribution >= 0.6 is 0 Å². The molecule has 4 unspecified atom stereocenters. The van der Waals surface area contributed by atoms with E-state index in [9.17, 15) is 0 Å². The highest BCUT2D eigenvalue weighted by molar-refractivity contribution is 4.97. The molecular weight excluding hydrogens is 236 g/mol. The predicted molar refractivity (Wildman–Crippen MR) is 78.7 cm³/mol. The molecule has 1 saturated carbocycles. The third kappa shape index (κ3) is 2.82. The lowest BCUT2D eigenvalue weighted by atomic mass is 9.74. The molecule has 2 bridgehead atoms. The number of rotatable bonds is 4. The zero-order valence-corrected chi connectivity index (χ0v) is 12.4. The summed E-state index contributed by atoms with van der Waals surface area (Å²) in [6, 6.07) is 1.14. The first-order valence-corrected chi connectivity index (χ1v) is 8.24. The van der Waals surface area contributed by atoms with E-state index in [1.165, 1.54) is 64.8 Å². The van der Waals surface area contributed by atoms with Gasteiger partial charge in [-0.2, -0.15) is 0 Å². The first-order valence-electron chi connectivity index (χ1n) is 8.24. The Balaban J connectivity index is 1.66. The molecule has 4 rings (SSSR count). The van der Waals surface area contributed by atoms with Crippen molar-refractivity contribution in [1.29, 1.82) is 0 Å².